The first kappa shape index (κ1) is 29.9. The van der Waals surface area contributed by atoms with E-state index in [-0.39, 0.29) is 16.2 Å². The van der Waals surface area contributed by atoms with Gasteiger partial charge in [-0.2, -0.15) is 0 Å². The molecule has 0 heteroatoms. The Hall–Kier alpha value is -5.20. The predicted molar refractivity (Wildman–Crippen MR) is 210 cm³/mol. The molecule has 238 valence electrons. The molecule has 0 bridgehead atoms. The summed E-state index contributed by atoms with van der Waals surface area (Å²) in [5, 5.41) is 8.07. The lowest BCUT2D eigenvalue weighted by molar-refractivity contribution is 0.621. The largest absolute Gasteiger partial charge is 0.0622 e. The van der Waals surface area contributed by atoms with Crippen molar-refractivity contribution in [2.45, 2.75) is 57.8 Å². The third-order valence-electron chi connectivity index (χ3n) is 12.0. The van der Waals surface area contributed by atoms with Crippen LogP contribution in [0.15, 0.2) is 146 Å². The molecule has 1 aliphatic rings. The van der Waals surface area contributed by atoms with Gasteiger partial charge in [0, 0.05) is 16.2 Å². The fourth-order valence-corrected chi connectivity index (χ4v) is 9.00. The van der Waals surface area contributed by atoms with Gasteiger partial charge < -0.3 is 0 Å². The lowest BCUT2D eigenvalue weighted by Crippen LogP contribution is -2.23. The molecular formula is C49H42. The second kappa shape index (κ2) is 10.4. The van der Waals surface area contributed by atoms with Crippen LogP contribution in [-0.2, 0) is 16.2 Å². The molecule has 0 N–H and O–H groups in total. The summed E-state index contributed by atoms with van der Waals surface area (Å²) in [5.41, 5.74) is 13.1. The monoisotopic (exact) mass is 630 g/mol. The van der Waals surface area contributed by atoms with Gasteiger partial charge in [-0.1, -0.05) is 187 Å². The van der Waals surface area contributed by atoms with Gasteiger partial charge in [-0.15, -0.1) is 0 Å². The highest BCUT2D eigenvalue weighted by Gasteiger charge is 2.39. The van der Waals surface area contributed by atoms with Crippen molar-refractivity contribution in [3.8, 4) is 22.3 Å². The first-order valence-electron chi connectivity index (χ1n) is 17.7. The maximum Gasteiger partial charge on any atom is 0.0159 e. The summed E-state index contributed by atoms with van der Waals surface area (Å²) in [7, 11) is 0. The zero-order valence-corrected chi connectivity index (χ0v) is 29.4. The Kier molecular flexibility index (Phi) is 6.35. The minimum absolute atomic E-state index is 0.121. The number of rotatable bonds is 5. The second-order valence-corrected chi connectivity index (χ2v) is 15.8. The van der Waals surface area contributed by atoms with Gasteiger partial charge in [-0.3, -0.25) is 0 Å². The lowest BCUT2D eigenvalue weighted by atomic mass is 9.72. The highest BCUT2D eigenvalue weighted by Crippen LogP contribution is 2.52. The fraction of sp³-hybridized carbons (Fsp3) is 0.184. The Labute approximate surface area is 290 Å². The Morgan fingerprint density at radius 1 is 0.408 bits per heavy atom. The van der Waals surface area contributed by atoms with E-state index in [4.69, 9.17) is 0 Å². The SMILES string of the molecule is CC(C)(c1ccc2c(c1)C(C)(C)c1cc(C(C)(C)c3ccc4ccc5cccc6ccc3c4c56)ccc1-2)c1ccccc1-c1ccccc1. The molecular weight excluding hydrogens is 589 g/mol. The van der Waals surface area contributed by atoms with Gasteiger partial charge in [-0.05, 0) is 88.0 Å². The van der Waals surface area contributed by atoms with E-state index in [0.29, 0.717) is 0 Å². The van der Waals surface area contributed by atoms with Crippen LogP contribution in [0.25, 0.3) is 54.6 Å². The molecule has 0 heterocycles. The zero-order chi connectivity index (χ0) is 33.7. The van der Waals surface area contributed by atoms with Crippen LogP contribution >= 0.6 is 0 Å². The maximum atomic E-state index is 2.52. The van der Waals surface area contributed by atoms with Crippen LogP contribution in [0.1, 0.15) is 74.9 Å². The molecule has 8 aromatic rings. The van der Waals surface area contributed by atoms with Crippen LogP contribution < -0.4 is 0 Å². The Bertz CT molecular complexity index is 2540. The molecule has 49 heavy (non-hydrogen) atoms. The maximum absolute atomic E-state index is 2.52. The van der Waals surface area contributed by atoms with Crippen molar-refractivity contribution in [1.82, 2.24) is 0 Å². The summed E-state index contributed by atoms with van der Waals surface area (Å²) < 4.78 is 0. The number of hydrogen-bond donors (Lipinski definition) is 0. The molecule has 0 amide bonds. The molecule has 8 aromatic carbocycles. The lowest BCUT2D eigenvalue weighted by Gasteiger charge is -2.31. The van der Waals surface area contributed by atoms with E-state index in [0.717, 1.165) is 0 Å². The van der Waals surface area contributed by atoms with E-state index < -0.39 is 0 Å². The predicted octanol–water partition coefficient (Wildman–Crippen LogP) is 13.2. The first-order chi connectivity index (χ1) is 23.6. The Balaban J connectivity index is 1.13. The molecule has 0 aliphatic heterocycles. The van der Waals surface area contributed by atoms with E-state index >= 15 is 0 Å². The average Bonchev–Trinajstić information content (AvgIpc) is 3.36. The van der Waals surface area contributed by atoms with E-state index in [9.17, 15) is 0 Å². The third kappa shape index (κ3) is 4.29. The van der Waals surface area contributed by atoms with E-state index in [1.165, 1.54) is 88.0 Å². The smallest absolute Gasteiger partial charge is 0.0159 e. The zero-order valence-electron chi connectivity index (χ0n) is 29.4. The highest BCUT2D eigenvalue weighted by atomic mass is 14.4. The number of hydrogen-bond acceptors (Lipinski definition) is 0. The van der Waals surface area contributed by atoms with Crippen LogP contribution in [0.3, 0.4) is 0 Å². The van der Waals surface area contributed by atoms with Crippen molar-refractivity contribution in [1.29, 1.82) is 0 Å². The number of fused-ring (bicyclic) bond motifs is 3. The molecule has 0 nitrogen and oxygen atoms in total. The van der Waals surface area contributed by atoms with Gasteiger partial charge >= 0.3 is 0 Å². The first-order valence-corrected chi connectivity index (χ1v) is 17.7. The molecule has 0 saturated carbocycles. The molecule has 0 aromatic heterocycles. The molecule has 9 rings (SSSR count). The molecule has 0 radical (unpaired) electrons. The van der Waals surface area contributed by atoms with Gasteiger partial charge in [0.2, 0.25) is 0 Å². The minimum Gasteiger partial charge on any atom is -0.0622 e. The normalized spacial score (nSPS) is 14.1. The fourth-order valence-electron chi connectivity index (χ4n) is 9.00. The quantitative estimate of drug-likeness (QED) is 0.166. The van der Waals surface area contributed by atoms with Gasteiger partial charge in [0.05, 0.1) is 0 Å². The highest BCUT2D eigenvalue weighted by molar-refractivity contribution is 6.23. The molecule has 0 fully saturated rings. The van der Waals surface area contributed by atoms with Crippen molar-refractivity contribution in [2.24, 2.45) is 0 Å². The van der Waals surface area contributed by atoms with Gasteiger partial charge in [0.1, 0.15) is 0 Å². The topological polar surface area (TPSA) is 0 Å². The Morgan fingerprint density at radius 3 is 1.59 bits per heavy atom. The summed E-state index contributed by atoms with van der Waals surface area (Å²) in [6, 6.07) is 54.8. The van der Waals surface area contributed by atoms with Crippen molar-refractivity contribution in [3.63, 3.8) is 0 Å². The van der Waals surface area contributed by atoms with Crippen molar-refractivity contribution in [3.05, 3.63) is 179 Å². The van der Waals surface area contributed by atoms with Crippen molar-refractivity contribution >= 4 is 32.3 Å². The number of benzene rings is 8. The Morgan fingerprint density at radius 2 is 0.939 bits per heavy atom. The summed E-state index contributed by atoms with van der Waals surface area (Å²) >= 11 is 0. The van der Waals surface area contributed by atoms with Crippen LogP contribution in [0.5, 0.6) is 0 Å². The second-order valence-electron chi connectivity index (χ2n) is 15.8. The minimum atomic E-state index is -0.184. The average molecular weight is 631 g/mol. The summed E-state index contributed by atoms with van der Waals surface area (Å²) in [5.74, 6) is 0. The summed E-state index contributed by atoms with van der Waals surface area (Å²) in [6.07, 6.45) is 0. The van der Waals surface area contributed by atoms with E-state index in [1.807, 2.05) is 0 Å². The molecule has 0 spiro atoms. The van der Waals surface area contributed by atoms with Crippen LogP contribution in [-0.4, -0.2) is 0 Å². The summed E-state index contributed by atoms with van der Waals surface area (Å²) in [4.78, 5) is 0. The van der Waals surface area contributed by atoms with Crippen LogP contribution in [0.2, 0.25) is 0 Å². The standard InChI is InChI=1S/C49H42/c1-47(2,41-18-11-10-17-37(41)31-13-8-7-9-14-31)35-23-26-38-39-27-24-36(30-44(39)49(5,6)43(38)29-35)48(3,4)42-28-22-34-20-19-32-15-12-16-33-21-25-40(42)46(34)45(32)33/h7-30H,1-6H3. The molecule has 1 aliphatic carbocycles. The van der Waals surface area contributed by atoms with E-state index in [2.05, 4.69) is 187 Å². The van der Waals surface area contributed by atoms with Crippen LogP contribution in [0.4, 0.5) is 0 Å². The molecule has 0 unspecified atom stereocenters. The van der Waals surface area contributed by atoms with Gasteiger partial charge in [-0.25, -0.2) is 0 Å². The van der Waals surface area contributed by atoms with Crippen LogP contribution in [0, 0.1) is 0 Å². The van der Waals surface area contributed by atoms with E-state index in [1.54, 1.807) is 0 Å². The molecule has 0 atom stereocenters. The summed E-state index contributed by atoms with van der Waals surface area (Å²) in [6.45, 7) is 14.4. The van der Waals surface area contributed by atoms with Crippen molar-refractivity contribution < 1.29 is 0 Å². The molecule has 0 saturated heterocycles. The third-order valence-corrected chi connectivity index (χ3v) is 12.0. The van der Waals surface area contributed by atoms with Crippen molar-refractivity contribution in [2.75, 3.05) is 0 Å². The van der Waals surface area contributed by atoms with Gasteiger partial charge in [0.25, 0.3) is 0 Å². The van der Waals surface area contributed by atoms with Gasteiger partial charge in [0.15, 0.2) is 0 Å².